The minimum atomic E-state index is -3.67. The Labute approximate surface area is 104 Å². The number of alkyl halides is 2. The molecule has 0 amide bonds. The number of aliphatic carboxylic acids is 1. The maximum atomic E-state index is 12.9. The number of ether oxygens (including phenoxy) is 1. The van der Waals surface area contributed by atoms with Gasteiger partial charge in [-0.2, -0.15) is 8.78 Å². The zero-order valence-corrected chi connectivity index (χ0v) is 10.4. The summed E-state index contributed by atoms with van der Waals surface area (Å²) < 4.78 is 31.1. The van der Waals surface area contributed by atoms with Crippen molar-refractivity contribution in [3.05, 3.63) is 29.3 Å². The number of aryl methyl sites for hydroxylation is 2. The third-order valence-corrected chi connectivity index (χ3v) is 2.58. The molecule has 5 heteroatoms. The van der Waals surface area contributed by atoms with Gasteiger partial charge in [0.25, 0.3) is 0 Å². The molecule has 0 atom stereocenters. The summed E-state index contributed by atoms with van der Waals surface area (Å²) in [7, 11) is 0. The van der Waals surface area contributed by atoms with Gasteiger partial charge in [0.05, 0.1) is 6.61 Å². The van der Waals surface area contributed by atoms with Gasteiger partial charge in [-0.1, -0.05) is 12.1 Å². The summed E-state index contributed by atoms with van der Waals surface area (Å²) in [6, 6.07) is 5.13. The van der Waals surface area contributed by atoms with Crippen LogP contribution in [0.4, 0.5) is 8.78 Å². The number of benzene rings is 1. The number of halogens is 2. The molecule has 0 radical (unpaired) electrons. The molecule has 1 aromatic rings. The van der Waals surface area contributed by atoms with Crippen molar-refractivity contribution in [2.75, 3.05) is 6.61 Å². The third kappa shape index (κ3) is 3.68. The van der Waals surface area contributed by atoms with Crippen LogP contribution in [-0.4, -0.2) is 23.6 Å². The molecule has 0 aliphatic rings. The van der Waals surface area contributed by atoms with Crippen LogP contribution in [0, 0.1) is 6.92 Å². The Morgan fingerprint density at radius 2 is 2.11 bits per heavy atom. The first-order valence-electron chi connectivity index (χ1n) is 5.70. The van der Waals surface area contributed by atoms with Crippen LogP contribution in [0.2, 0.25) is 0 Å². The molecule has 0 aliphatic heterocycles. The molecule has 0 spiro atoms. The number of carbonyl (C=O) groups is 1. The highest BCUT2D eigenvalue weighted by Crippen LogP contribution is 2.24. The van der Waals surface area contributed by atoms with Gasteiger partial charge in [-0.05, 0) is 37.5 Å². The van der Waals surface area contributed by atoms with E-state index >= 15 is 0 Å². The summed E-state index contributed by atoms with van der Waals surface area (Å²) >= 11 is 0. The highest BCUT2D eigenvalue weighted by molar-refractivity contribution is 5.75. The van der Waals surface area contributed by atoms with Crippen molar-refractivity contribution in [3.8, 4) is 5.75 Å². The predicted molar refractivity (Wildman–Crippen MR) is 63.3 cm³/mol. The lowest BCUT2D eigenvalue weighted by molar-refractivity contribution is -0.165. The Hall–Kier alpha value is -1.65. The van der Waals surface area contributed by atoms with E-state index in [9.17, 15) is 13.6 Å². The van der Waals surface area contributed by atoms with E-state index in [1.54, 1.807) is 18.2 Å². The molecular formula is C13H16F2O3. The van der Waals surface area contributed by atoms with E-state index in [-0.39, 0.29) is 6.42 Å². The summed E-state index contributed by atoms with van der Waals surface area (Å²) in [4.78, 5) is 10.3. The zero-order valence-electron chi connectivity index (χ0n) is 10.4. The molecule has 0 saturated carbocycles. The van der Waals surface area contributed by atoms with Crippen molar-refractivity contribution in [1.29, 1.82) is 0 Å². The van der Waals surface area contributed by atoms with Gasteiger partial charge < -0.3 is 9.84 Å². The van der Waals surface area contributed by atoms with Crippen molar-refractivity contribution in [1.82, 2.24) is 0 Å². The van der Waals surface area contributed by atoms with Crippen molar-refractivity contribution >= 4 is 5.97 Å². The van der Waals surface area contributed by atoms with Crippen molar-refractivity contribution in [2.45, 2.75) is 32.6 Å². The first-order valence-corrected chi connectivity index (χ1v) is 5.70. The van der Waals surface area contributed by atoms with Crippen molar-refractivity contribution in [3.63, 3.8) is 0 Å². The minimum Gasteiger partial charge on any atom is -0.494 e. The van der Waals surface area contributed by atoms with Gasteiger partial charge in [0.15, 0.2) is 0 Å². The van der Waals surface area contributed by atoms with E-state index in [1.165, 1.54) is 0 Å². The molecule has 0 fully saturated rings. The average molecular weight is 258 g/mol. The average Bonchev–Trinajstić information content (AvgIpc) is 2.30. The lowest BCUT2D eigenvalue weighted by atomic mass is 10.0. The molecule has 3 nitrogen and oxygen atoms in total. The van der Waals surface area contributed by atoms with E-state index in [0.29, 0.717) is 17.9 Å². The van der Waals surface area contributed by atoms with Crippen LogP contribution < -0.4 is 4.74 Å². The molecule has 0 bridgehead atoms. The fourth-order valence-corrected chi connectivity index (χ4v) is 1.59. The Morgan fingerprint density at radius 3 is 2.61 bits per heavy atom. The summed E-state index contributed by atoms with van der Waals surface area (Å²) in [6.07, 6.45) is -0.678. The number of carboxylic acid groups (broad SMARTS) is 1. The highest BCUT2D eigenvalue weighted by Gasteiger charge is 2.37. The van der Waals surface area contributed by atoms with Crippen LogP contribution in [0.1, 0.15) is 24.5 Å². The summed E-state index contributed by atoms with van der Waals surface area (Å²) in [6.45, 7) is 4.22. The van der Waals surface area contributed by atoms with Crippen LogP contribution >= 0.6 is 0 Å². The van der Waals surface area contributed by atoms with E-state index in [0.717, 1.165) is 5.56 Å². The van der Waals surface area contributed by atoms with Crippen molar-refractivity contribution < 1.29 is 23.4 Å². The van der Waals surface area contributed by atoms with Crippen LogP contribution in [0.5, 0.6) is 5.75 Å². The summed E-state index contributed by atoms with van der Waals surface area (Å²) in [5, 5.41) is 8.32. The summed E-state index contributed by atoms with van der Waals surface area (Å²) in [5.74, 6) is -5.04. The Bertz CT molecular complexity index is 430. The minimum absolute atomic E-state index is 0.0204. The van der Waals surface area contributed by atoms with Gasteiger partial charge >= 0.3 is 11.9 Å². The molecule has 0 aliphatic carbocycles. The van der Waals surface area contributed by atoms with Gasteiger partial charge in [0.2, 0.25) is 0 Å². The molecule has 18 heavy (non-hydrogen) atoms. The van der Waals surface area contributed by atoms with E-state index in [2.05, 4.69) is 0 Å². The molecule has 100 valence electrons. The Kier molecular flexibility index (Phi) is 4.64. The third-order valence-electron chi connectivity index (χ3n) is 2.58. The van der Waals surface area contributed by atoms with E-state index in [1.807, 2.05) is 13.8 Å². The molecule has 1 N–H and O–H groups in total. The second-order valence-corrected chi connectivity index (χ2v) is 4.04. The van der Waals surface area contributed by atoms with Crippen LogP contribution in [-0.2, 0) is 11.2 Å². The van der Waals surface area contributed by atoms with Gasteiger partial charge in [-0.15, -0.1) is 0 Å². The summed E-state index contributed by atoms with van der Waals surface area (Å²) in [5.41, 5.74) is 1.53. The SMILES string of the molecule is CCOc1ccc(CCC(F)(F)C(=O)O)cc1C. The lowest BCUT2D eigenvalue weighted by Gasteiger charge is -2.12. The van der Waals surface area contributed by atoms with Crippen LogP contribution in [0.15, 0.2) is 18.2 Å². The molecule has 0 unspecified atom stereocenters. The number of rotatable bonds is 6. The smallest absolute Gasteiger partial charge is 0.374 e. The molecule has 1 aromatic carbocycles. The molecule has 1 rings (SSSR count). The van der Waals surface area contributed by atoms with E-state index < -0.39 is 18.3 Å². The monoisotopic (exact) mass is 258 g/mol. The van der Waals surface area contributed by atoms with Gasteiger partial charge in [0.1, 0.15) is 5.75 Å². The van der Waals surface area contributed by atoms with E-state index in [4.69, 9.17) is 9.84 Å². The predicted octanol–water partition coefficient (Wildman–Crippen LogP) is 3.05. The number of carboxylic acids is 1. The molecule has 0 saturated heterocycles. The second kappa shape index (κ2) is 5.80. The number of hydrogen-bond acceptors (Lipinski definition) is 2. The maximum absolute atomic E-state index is 12.9. The molecule has 0 heterocycles. The fraction of sp³-hybridized carbons (Fsp3) is 0.462. The Balaban J connectivity index is 2.69. The first-order chi connectivity index (χ1) is 8.36. The van der Waals surface area contributed by atoms with Gasteiger partial charge in [-0.3, -0.25) is 0 Å². The zero-order chi connectivity index (χ0) is 13.8. The normalized spacial score (nSPS) is 11.3. The number of hydrogen-bond donors (Lipinski definition) is 1. The van der Waals surface area contributed by atoms with Crippen molar-refractivity contribution in [2.24, 2.45) is 0 Å². The second-order valence-electron chi connectivity index (χ2n) is 4.04. The fourth-order valence-electron chi connectivity index (χ4n) is 1.59. The van der Waals surface area contributed by atoms with Crippen LogP contribution in [0.25, 0.3) is 0 Å². The standard InChI is InChI=1S/C13H16F2O3/c1-3-18-11-5-4-10(8-9(11)2)6-7-13(14,15)12(16)17/h4-5,8H,3,6-7H2,1-2H3,(H,16,17). The first kappa shape index (κ1) is 14.4. The quantitative estimate of drug-likeness (QED) is 0.853. The maximum Gasteiger partial charge on any atom is 0.374 e. The lowest BCUT2D eigenvalue weighted by Crippen LogP contribution is -2.28. The topological polar surface area (TPSA) is 46.5 Å². The highest BCUT2D eigenvalue weighted by atomic mass is 19.3. The Morgan fingerprint density at radius 1 is 1.44 bits per heavy atom. The molecular weight excluding hydrogens is 242 g/mol. The van der Waals surface area contributed by atoms with Gasteiger partial charge in [-0.25, -0.2) is 4.79 Å². The molecule has 0 aromatic heterocycles. The van der Waals surface area contributed by atoms with Gasteiger partial charge in [0, 0.05) is 6.42 Å². The van der Waals surface area contributed by atoms with Crippen LogP contribution in [0.3, 0.4) is 0 Å². The largest absolute Gasteiger partial charge is 0.494 e.